The summed E-state index contributed by atoms with van der Waals surface area (Å²) in [6.07, 6.45) is 0.723. The monoisotopic (exact) mass is 362 g/mol. The number of hydrogen-bond acceptors (Lipinski definition) is 6. The van der Waals surface area contributed by atoms with Crippen LogP contribution in [0.25, 0.3) is 10.6 Å². The summed E-state index contributed by atoms with van der Waals surface area (Å²) in [5.74, 6) is 0.126. The Bertz CT molecular complexity index is 747. The summed E-state index contributed by atoms with van der Waals surface area (Å²) in [5, 5.41) is 14.5. The molecule has 1 aromatic heterocycles. The summed E-state index contributed by atoms with van der Waals surface area (Å²) in [7, 11) is 1.60. The maximum absolute atomic E-state index is 12.2. The molecule has 2 N–H and O–H groups in total. The van der Waals surface area contributed by atoms with Gasteiger partial charge in [0.15, 0.2) is 0 Å². The molecular formula is C17H22N4O3S. The zero-order valence-corrected chi connectivity index (χ0v) is 15.5. The van der Waals surface area contributed by atoms with Crippen LogP contribution in [0, 0.1) is 5.92 Å². The lowest BCUT2D eigenvalue weighted by Gasteiger charge is -2.15. The number of methoxy groups -OCH3 is 1. The van der Waals surface area contributed by atoms with Crippen molar-refractivity contribution in [2.45, 2.75) is 33.2 Å². The average molecular weight is 362 g/mol. The average Bonchev–Trinajstić information content (AvgIpc) is 3.09. The molecule has 0 spiro atoms. The molecule has 134 valence electrons. The van der Waals surface area contributed by atoms with Crippen molar-refractivity contribution in [3.63, 3.8) is 0 Å². The van der Waals surface area contributed by atoms with Gasteiger partial charge in [-0.1, -0.05) is 37.3 Å². The summed E-state index contributed by atoms with van der Waals surface area (Å²) in [5.41, 5.74) is 0.857. The van der Waals surface area contributed by atoms with Gasteiger partial charge < -0.3 is 10.1 Å². The van der Waals surface area contributed by atoms with Gasteiger partial charge >= 0.3 is 0 Å². The topological polar surface area (TPSA) is 93.2 Å². The normalized spacial score (nSPS) is 13.0. The van der Waals surface area contributed by atoms with Gasteiger partial charge in [-0.2, -0.15) is 0 Å². The van der Waals surface area contributed by atoms with Crippen molar-refractivity contribution >= 4 is 28.3 Å². The molecule has 0 radical (unpaired) electrons. The highest BCUT2D eigenvalue weighted by atomic mass is 32.1. The molecule has 2 rings (SSSR count). The van der Waals surface area contributed by atoms with Gasteiger partial charge in [-0.05, 0) is 25.5 Å². The lowest BCUT2D eigenvalue weighted by Crippen LogP contribution is -2.43. The second-order valence-corrected chi connectivity index (χ2v) is 6.65. The smallest absolute Gasteiger partial charge is 0.248 e. The Morgan fingerprint density at radius 2 is 2.00 bits per heavy atom. The van der Waals surface area contributed by atoms with Crippen molar-refractivity contribution in [1.82, 2.24) is 15.5 Å². The first-order chi connectivity index (χ1) is 11.9. The van der Waals surface area contributed by atoms with Crippen LogP contribution in [0.1, 0.15) is 27.2 Å². The highest BCUT2D eigenvalue weighted by Gasteiger charge is 2.20. The van der Waals surface area contributed by atoms with Crippen LogP contribution >= 0.6 is 11.3 Å². The first-order valence-corrected chi connectivity index (χ1v) is 8.85. The molecule has 2 aromatic rings. The van der Waals surface area contributed by atoms with E-state index in [2.05, 4.69) is 20.8 Å². The number of nitrogens with zero attached hydrogens (tertiary/aromatic N) is 2. The SMILES string of the molecule is CC[C@@H](C)C(=O)N[C@H](C)C(=O)Nc1nnc(-c2cccc(OC)c2)s1. The summed E-state index contributed by atoms with van der Waals surface area (Å²) in [6.45, 7) is 5.39. The van der Waals surface area contributed by atoms with Crippen LogP contribution in [0.4, 0.5) is 5.13 Å². The van der Waals surface area contributed by atoms with Gasteiger partial charge in [-0.15, -0.1) is 10.2 Å². The quantitative estimate of drug-likeness (QED) is 0.790. The number of hydrogen-bond donors (Lipinski definition) is 2. The van der Waals surface area contributed by atoms with Gasteiger partial charge in [-0.3, -0.25) is 14.9 Å². The number of aromatic nitrogens is 2. The van der Waals surface area contributed by atoms with E-state index in [-0.39, 0.29) is 17.7 Å². The van der Waals surface area contributed by atoms with Crippen LogP contribution in [0.2, 0.25) is 0 Å². The molecule has 0 unspecified atom stereocenters. The number of ether oxygens (including phenoxy) is 1. The van der Waals surface area contributed by atoms with E-state index < -0.39 is 6.04 Å². The van der Waals surface area contributed by atoms with Crippen LogP contribution in [-0.2, 0) is 9.59 Å². The fourth-order valence-electron chi connectivity index (χ4n) is 1.97. The molecule has 0 aliphatic heterocycles. The third-order valence-electron chi connectivity index (χ3n) is 3.78. The highest BCUT2D eigenvalue weighted by molar-refractivity contribution is 7.18. The maximum atomic E-state index is 12.2. The van der Waals surface area contributed by atoms with Gasteiger partial charge in [0, 0.05) is 11.5 Å². The van der Waals surface area contributed by atoms with E-state index >= 15 is 0 Å². The van der Waals surface area contributed by atoms with Gasteiger partial charge in [0.05, 0.1) is 7.11 Å². The second kappa shape index (κ2) is 8.57. The molecule has 0 aliphatic rings. The summed E-state index contributed by atoms with van der Waals surface area (Å²) < 4.78 is 5.19. The standard InChI is InChI=1S/C17H22N4O3S/c1-5-10(2)14(22)18-11(3)15(23)19-17-21-20-16(25-17)12-7-6-8-13(9-12)24-4/h6-11H,5H2,1-4H3,(H,18,22)(H,19,21,23)/t10-,11-/m1/s1. The zero-order chi connectivity index (χ0) is 18.4. The van der Waals surface area contributed by atoms with Crippen LogP contribution in [0.5, 0.6) is 5.75 Å². The van der Waals surface area contributed by atoms with E-state index in [1.807, 2.05) is 38.1 Å². The predicted molar refractivity (Wildman–Crippen MR) is 97.6 cm³/mol. The molecule has 0 bridgehead atoms. The molecule has 1 heterocycles. The number of anilines is 1. The fraction of sp³-hybridized carbons (Fsp3) is 0.412. The van der Waals surface area contributed by atoms with Crippen molar-refractivity contribution in [2.24, 2.45) is 5.92 Å². The third kappa shape index (κ3) is 4.99. The minimum Gasteiger partial charge on any atom is -0.497 e. The van der Waals surface area contributed by atoms with E-state index in [9.17, 15) is 9.59 Å². The molecule has 0 saturated heterocycles. The fourth-order valence-corrected chi connectivity index (χ4v) is 2.71. The van der Waals surface area contributed by atoms with Crippen LogP contribution in [0.3, 0.4) is 0 Å². The first kappa shape index (κ1) is 18.9. The van der Waals surface area contributed by atoms with Crippen molar-refractivity contribution in [3.8, 4) is 16.3 Å². The second-order valence-electron chi connectivity index (χ2n) is 5.67. The van der Waals surface area contributed by atoms with Gasteiger partial charge in [-0.25, -0.2) is 0 Å². The minimum absolute atomic E-state index is 0.128. The molecule has 2 atom stereocenters. The number of carbonyl (C=O) groups is 2. The Labute approximate surface area is 150 Å². The molecule has 7 nitrogen and oxygen atoms in total. The van der Waals surface area contributed by atoms with Gasteiger partial charge in [0.2, 0.25) is 16.9 Å². The predicted octanol–water partition coefficient (Wildman–Crippen LogP) is 2.70. The number of benzene rings is 1. The number of amides is 2. The molecular weight excluding hydrogens is 340 g/mol. The first-order valence-electron chi connectivity index (χ1n) is 8.03. The summed E-state index contributed by atoms with van der Waals surface area (Å²) in [4.78, 5) is 24.1. The van der Waals surface area contributed by atoms with Crippen molar-refractivity contribution in [3.05, 3.63) is 24.3 Å². The number of carbonyl (C=O) groups excluding carboxylic acids is 2. The number of rotatable bonds is 7. The molecule has 2 amide bonds. The lowest BCUT2D eigenvalue weighted by molar-refractivity contribution is -0.128. The minimum atomic E-state index is -0.648. The van der Waals surface area contributed by atoms with E-state index in [1.54, 1.807) is 14.0 Å². The highest BCUT2D eigenvalue weighted by Crippen LogP contribution is 2.28. The third-order valence-corrected chi connectivity index (χ3v) is 4.67. The van der Waals surface area contributed by atoms with Crippen molar-refractivity contribution < 1.29 is 14.3 Å². The summed E-state index contributed by atoms with van der Waals surface area (Å²) >= 11 is 1.26. The molecule has 25 heavy (non-hydrogen) atoms. The van der Waals surface area contributed by atoms with Gasteiger partial charge in [0.25, 0.3) is 0 Å². The Hall–Kier alpha value is -2.48. The van der Waals surface area contributed by atoms with E-state index in [4.69, 9.17) is 4.74 Å². The zero-order valence-electron chi connectivity index (χ0n) is 14.7. The van der Waals surface area contributed by atoms with E-state index in [0.29, 0.717) is 10.1 Å². The summed E-state index contributed by atoms with van der Waals surface area (Å²) in [6, 6.07) is 6.80. The Morgan fingerprint density at radius 3 is 2.68 bits per heavy atom. The molecule has 0 fully saturated rings. The van der Waals surface area contributed by atoms with Gasteiger partial charge in [0.1, 0.15) is 16.8 Å². The Kier molecular flexibility index (Phi) is 6.46. The van der Waals surface area contributed by atoms with Crippen LogP contribution < -0.4 is 15.4 Å². The van der Waals surface area contributed by atoms with E-state index in [0.717, 1.165) is 17.7 Å². The van der Waals surface area contributed by atoms with E-state index in [1.165, 1.54) is 11.3 Å². The Balaban J connectivity index is 2.00. The van der Waals surface area contributed by atoms with Crippen molar-refractivity contribution in [1.29, 1.82) is 0 Å². The largest absolute Gasteiger partial charge is 0.497 e. The Morgan fingerprint density at radius 1 is 1.24 bits per heavy atom. The maximum Gasteiger partial charge on any atom is 0.248 e. The number of nitrogens with one attached hydrogen (secondary N) is 2. The molecule has 0 aliphatic carbocycles. The molecule has 1 aromatic carbocycles. The molecule has 0 saturated carbocycles. The van der Waals surface area contributed by atoms with Crippen molar-refractivity contribution in [2.75, 3.05) is 12.4 Å². The lowest BCUT2D eigenvalue weighted by atomic mass is 10.1. The molecule has 8 heteroatoms. The van der Waals surface area contributed by atoms with Crippen LogP contribution in [-0.4, -0.2) is 35.2 Å². The van der Waals surface area contributed by atoms with Crippen LogP contribution in [0.15, 0.2) is 24.3 Å².